The van der Waals surface area contributed by atoms with Crippen molar-refractivity contribution in [2.75, 3.05) is 13.6 Å². The molecule has 3 unspecified atom stereocenters. The minimum Gasteiger partial charge on any atom is -0.462 e. The van der Waals surface area contributed by atoms with Crippen LogP contribution in [0, 0.1) is 38.4 Å². The lowest BCUT2D eigenvalue weighted by molar-refractivity contribution is -0.143. The number of Topliss-reactive ketones (excluding diaryl/α,β-unsaturated/α-hetero) is 1. The molecule has 1 fully saturated rings. The molecule has 1 N–H and O–H groups in total. The van der Waals surface area contributed by atoms with Gasteiger partial charge >= 0.3 is 5.97 Å². The van der Waals surface area contributed by atoms with Gasteiger partial charge in [0.15, 0.2) is 5.78 Å². The summed E-state index contributed by atoms with van der Waals surface area (Å²) >= 11 is 0. The maximum absolute atomic E-state index is 12.6. The number of esters is 1. The van der Waals surface area contributed by atoms with E-state index in [4.69, 9.17) is 4.74 Å². The Morgan fingerprint density at radius 3 is 2.03 bits per heavy atom. The maximum atomic E-state index is 12.6. The van der Waals surface area contributed by atoms with Crippen molar-refractivity contribution >= 4 is 11.8 Å². The van der Waals surface area contributed by atoms with Crippen molar-refractivity contribution in [1.82, 2.24) is 5.32 Å². The number of benzene rings is 2. The summed E-state index contributed by atoms with van der Waals surface area (Å²) in [5.41, 5.74) is 4.98. The van der Waals surface area contributed by atoms with Crippen LogP contribution in [0.1, 0.15) is 106 Å². The highest BCUT2D eigenvalue weighted by Crippen LogP contribution is 2.19. The van der Waals surface area contributed by atoms with Gasteiger partial charge in [0.25, 0.3) is 0 Å². The van der Waals surface area contributed by atoms with Crippen molar-refractivity contribution in [3.8, 4) is 0 Å². The second-order valence-electron chi connectivity index (χ2n) is 10.7. The second kappa shape index (κ2) is 20.4. The average Bonchev–Trinajstić information content (AvgIpc) is 3.17. The third-order valence-corrected chi connectivity index (χ3v) is 6.66. The SMILES string of the molecule is CC1CC(C)C(=O)O1.CCCC(CC)CNC.CCCc1cc(C)ccc1C(C)=O.Cc1ccc(C)c(F)c1. The van der Waals surface area contributed by atoms with Crippen LogP contribution >= 0.6 is 0 Å². The molecule has 0 amide bonds. The number of ketones is 1. The maximum Gasteiger partial charge on any atom is 0.309 e. The van der Waals surface area contributed by atoms with Crippen molar-refractivity contribution in [2.24, 2.45) is 11.8 Å². The third-order valence-electron chi connectivity index (χ3n) is 6.66. The zero-order chi connectivity index (χ0) is 30.0. The Kier molecular flexibility index (Phi) is 19.1. The standard InChI is InChI=1S/C12H16O.C8H9F.C8H19N.C6H10O2/c1-4-5-11-8-9(2)6-7-12(11)10(3)13;1-6-3-4-7(2)8(9)5-6;1-4-6-8(5-2)7-9-3;1-4-3-5(2)8-6(4)7/h6-8H,4-5H2,1-3H3;3-5H,1-2H3;8-9H,4-7H2,1-3H3;4-5H,3H2,1-2H3. The molecule has 2 aromatic rings. The topological polar surface area (TPSA) is 55.4 Å². The van der Waals surface area contributed by atoms with Gasteiger partial charge in [-0.15, -0.1) is 0 Å². The van der Waals surface area contributed by atoms with Crippen LogP contribution in [0.3, 0.4) is 0 Å². The molecule has 5 heteroatoms. The lowest BCUT2D eigenvalue weighted by Gasteiger charge is -2.11. The Hall–Kier alpha value is -2.53. The molecule has 0 aliphatic carbocycles. The molecule has 3 rings (SSSR count). The normalized spacial score (nSPS) is 16.4. The monoisotopic (exact) mass is 543 g/mol. The molecular weight excluding hydrogens is 489 g/mol. The quantitative estimate of drug-likeness (QED) is 0.268. The van der Waals surface area contributed by atoms with Crippen LogP contribution in [0.2, 0.25) is 0 Å². The first-order valence-corrected chi connectivity index (χ1v) is 14.6. The van der Waals surface area contributed by atoms with E-state index in [2.05, 4.69) is 39.1 Å². The number of ether oxygens (including phenoxy) is 1. The first kappa shape index (κ1) is 36.5. The molecule has 1 aliphatic rings. The largest absolute Gasteiger partial charge is 0.462 e. The second-order valence-corrected chi connectivity index (χ2v) is 10.7. The number of hydrogen-bond acceptors (Lipinski definition) is 4. The number of rotatable bonds is 8. The van der Waals surface area contributed by atoms with E-state index in [0.717, 1.165) is 36.3 Å². The van der Waals surface area contributed by atoms with Gasteiger partial charge in [-0.2, -0.15) is 0 Å². The fourth-order valence-corrected chi connectivity index (χ4v) is 4.34. The van der Waals surface area contributed by atoms with E-state index in [-0.39, 0.29) is 29.6 Å². The number of carbonyl (C=O) groups excluding carboxylic acids is 2. The Morgan fingerprint density at radius 2 is 1.64 bits per heavy atom. The van der Waals surface area contributed by atoms with E-state index in [1.807, 2.05) is 46.0 Å². The predicted molar refractivity (Wildman–Crippen MR) is 163 cm³/mol. The fourth-order valence-electron chi connectivity index (χ4n) is 4.34. The van der Waals surface area contributed by atoms with E-state index >= 15 is 0 Å². The Balaban J connectivity index is 0.000000503. The van der Waals surface area contributed by atoms with Crippen LogP contribution in [0.5, 0.6) is 0 Å². The number of hydrogen-bond donors (Lipinski definition) is 1. The van der Waals surface area contributed by atoms with Gasteiger partial charge in [-0.3, -0.25) is 9.59 Å². The van der Waals surface area contributed by atoms with Crippen LogP contribution < -0.4 is 5.32 Å². The number of aryl methyl sites for hydroxylation is 4. The molecule has 0 aromatic heterocycles. The van der Waals surface area contributed by atoms with Crippen molar-refractivity contribution in [1.29, 1.82) is 0 Å². The van der Waals surface area contributed by atoms with Gasteiger partial charge in [0.1, 0.15) is 5.82 Å². The highest BCUT2D eigenvalue weighted by atomic mass is 19.1. The molecule has 3 atom stereocenters. The first-order valence-electron chi connectivity index (χ1n) is 14.6. The van der Waals surface area contributed by atoms with Gasteiger partial charge < -0.3 is 10.1 Å². The lowest BCUT2D eigenvalue weighted by atomic mass is 9.98. The molecule has 4 nitrogen and oxygen atoms in total. The van der Waals surface area contributed by atoms with Crippen molar-refractivity contribution in [3.05, 3.63) is 70.0 Å². The van der Waals surface area contributed by atoms with E-state index in [1.54, 1.807) is 19.9 Å². The highest BCUT2D eigenvalue weighted by Gasteiger charge is 2.27. The molecule has 39 heavy (non-hydrogen) atoms. The van der Waals surface area contributed by atoms with Gasteiger partial charge in [-0.05, 0) is 96.1 Å². The summed E-state index contributed by atoms with van der Waals surface area (Å²) in [7, 11) is 2.03. The first-order chi connectivity index (χ1) is 18.4. The summed E-state index contributed by atoms with van der Waals surface area (Å²) in [4.78, 5) is 21.8. The molecule has 0 radical (unpaired) electrons. The van der Waals surface area contributed by atoms with Crippen molar-refractivity contribution < 1.29 is 18.7 Å². The average molecular weight is 544 g/mol. The van der Waals surface area contributed by atoms with E-state index in [9.17, 15) is 14.0 Å². The fraction of sp³-hybridized carbons (Fsp3) is 0.588. The van der Waals surface area contributed by atoms with Crippen LogP contribution in [-0.4, -0.2) is 31.4 Å². The third kappa shape index (κ3) is 15.6. The molecule has 1 saturated heterocycles. The summed E-state index contributed by atoms with van der Waals surface area (Å²) in [5.74, 6) is 1.04. The van der Waals surface area contributed by atoms with Gasteiger partial charge in [-0.25, -0.2) is 4.39 Å². The molecule has 220 valence electrons. The van der Waals surface area contributed by atoms with E-state index < -0.39 is 0 Å². The summed E-state index contributed by atoms with van der Waals surface area (Å²) in [6, 6.07) is 11.3. The van der Waals surface area contributed by atoms with E-state index in [0.29, 0.717) is 5.56 Å². The Bertz CT molecular complexity index is 982. The van der Waals surface area contributed by atoms with Crippen LogP contribution in [0.4, 0.5) is 4.39 Å². The molecular formula is C34H54FNO3. The molecule has 1 aliphatic heterocycles. The number of halogens is 1. The van der Waals surface area contributed by atoms with Crippen LogP contribution in [0.15, 0.2) is 36.4 Å². The molecule has 0 spiro atoms. The molecule has 1 heterocycles. The summed E-state index contributed by atoms with van der Waals surface area (Å²) < 4.78 is 17.4. The van der Waals surface area contributed by atoms with Gasteiger partial charge in [0.2, 0.25) is 0 Å². The van der Waals surface area contributed by atoms with Crippen LogP contribution in [0.25, 0.3) is 0 Å². The van der Waals surface area contributed by atoms with E-state index in [1.165, 1.54) is 43.0 Å². The number of cyclic esters (lactones) is 1. The minimum atomic E-state index is -0.116. The predicted octanol–water partition coefficient (Wildman–Crippen LogP) is 8.58. The lowest BCUT2D eigenvalue weighted by Crippen LogP contribution is -2.17. The summed E-state index contributed by atoms with van der Waals surface area (Å²) in [6.07, 6.45) is 7.13. The Labute approximate surface area is 238 Å². The Morgan fingerprint density at radius 1 is 1.03 bits per heavy atom. The molecule has 0 bridgehead atoms. The van der Waals surface area contributed by atoms with Crippen molar-refractivity contribution in [3.63, 3.8) is 0 Å². The number of carbonyl (C=O) groups is 2. The highest BCUT2D eigenvalue weighted by molar-refractivity contribution is 5.95. The van der Waals surface area contributed by atoms with Gasteiger partial charge in [0.05, 0.1) is 12.0 Å². The zero-order valence-electron chi connectivity index (χ0n) is 26.2. The van der Waals surface area contributed by atoms with Gasteiger partial charge in [0, 0.05) is 5.56 Å². The molecule has 0 saturated carbocycles. The summed E-state index contributed by atoms with van der Waals surface area (Å²) in [6.45, 7) is 19.0. The van der Waals surface area contributed by atoms with Crippen LogP contribution in [-0.2, 0) is 16.0 Å². The van der Waals surface area contributed by atoms with Gasteiger partial charge in [-0.1, -0.05) is 82.9 Å². The molecule has 2 aromatic carbocycles. The van der Waals surface area contributed by atoms with Crippen molar-refractivity contribution in [2.45, 2.75) is 107 Å². The smallest absolute Gasteiger partial charge is 0.309 e. The zero-order valence-corrected chi connectivity index (χ0v) is 26.2. The summed E-state index contributed by atoms with van der Waals surface area (Å²) in [5, 5.41) is 3.20. The number of nitrogens with one attached hydrogen (secondary N) is 1. The minimum absolute atomic E-state index is 0.0440.